The van der Waals surface area contributed by atoms with Crippen LogP contribution in [-0.4, -0.2) is 6.85 Å². The molecular weight excluding hydrogens is 820 g/mol. The van der Waals surface area contributed by atoms with Gasteiger partial charge in [0.05, 0.1) is 5.69 Å². The lowest BCUT2D eigenvalue weighted by molar-refractivity contribution is 0.332. The summed E-state index contributed by atoms with van der Waals surface area (Å²) in [6.45, 7) is 19.3. The van der Waals surface area contributed by atoms with E-state index in [1.165, 1.54) is 155 Å². The summed E-state index contributed by atoms with van der Waals surface area (Å²) in [7, 11) is 0. The van der Waals surface area contributed by atoms with Crippen molar-refractivity contribution in [1.82, 2.24) is 0 Å². The molecule has 68 heavy (non-hydrogen) atoms. The lowest BCUT2D eigenvalue weighted by Crippen LogP contribution is -2.62. The topological polar surface area (TPSA) is 6.48 Å². The molecule has 0 bridgehead atoms. The monoisotopic (exact) mass is 885 g/mol. The van der Waals surface area contributed by atoms with E-state index in [4.69, 9.17) is 0 Å². The molecule has 3 heteroatoms. The molecule has 0 unspecified atom stereocenters. The molecule has 8 aromatic carbocycles. The van der Waals surface area contributed by atoms with Crippen LogP contribution < -0.4 is 20.6 Å². The fourth-order valence-corrected chi connectivity index (χ4v) is 12.9. The van der Waals surface area contributed by atoms with Gasteiger partial charge in [0.1, 0.15) is 0 Å². The zero-order valence-electron chi connectivity index (χ0n) is 41.6. The molecule has 0 spiro atoms. The number of anilines is 5. The molecule has 0 aromatic heterocycles. The van der Waals surface area contributed by atoms with Crippen molar-refractivity contribution in [2.24, 2.45) is 0 Å². The maximum Gasteiger partial charge on any atom is 0.333 e. The molecule has 4 aliphatic rings. The van der Waals surface area contributed by atoms with Gasteiger partial charge in [0, 0.05) is 39.3 Å². The number of nitrogens with zero attached hydrogens (tertiary/aromatic N) is 2. The Hall–Kier alpha value is -6.32. The summed E-state index contributed by atoms with van der Waals surface area (Å²) in [4.78, 5) is 5.48. The van der Waals surface area contributed by atoms with Crippen molar-refractivity contribution < 1.29 is 0 Å². The van der Waals surface area contributed by atoms with Gasteiger partial charge in [-0.05, 0) is 175 Å². The van der Waals surface area contributed by atoms with Gasteiger partial charge in [0.25, 0.3) is 0 Å². The normalized spacial score (nSPS) is 16.4. The van der Waals surface area contributed by atoms with Crippen molar-refractivity contribution in [2.75, 3.05) is 9.71 Å². The van der Waals surface area contributed by atoms with E-state index in [1.807, 2.05) is 0 Å². The Morgan fingerprint density at radius 1 is 0.485 bits per heavy atom. The van der Waals surface area contributed by atoms with E-state index in [-0.39, 0.29) is 23.1 Å². The summed E-state index contributed by atoms with van der Waals surface area (Å²) in [5, 5.41) is 2.61. The van der Waals surface area contributed by atoms with Crippen molar-refractivity contribution in [1.29, 1.82) is 0 Å². The number of rotatable bonds is 9. The van der Waals surface area contributed by atoms with E-state index in [9.17, 15) is 0 Å². The molecule has 12 rings (SSSR count). The van der Waals surface area contributed by atoms with Crippen LogP contribution in [0.5, 0.6) is 0 Å². The van der Waals surface area contributed by atoms with Crippen LogP contribution in [0, 0.1) is 0 Å². The van der Waals surface area contributed by atoms with Crippen LogP contribution in [0.2, 0.25) is 0 Å². The van der Waals surface area contributed by atoms with E-state index in [0.29, 0.717) is 0 Å². The SMILES string of the molecule is CCCCc1ccc(N2B3c4cc5c(cc4N(c4ccc(CCCC)cc4-c4ccccc4)c4cc6ccccc6c(c43)-c3cc4c(cc32)C(C)(C)CCC4(C)C)C(C)(C)c2ccccc2-5)cc1. The highest BCUT2D eigenvalue weighted by molar-refractivity contribution is 6.94. The van der Waals surface area contributed by atoms with Crippen molar-refractivity contribution >= 4 is 57.0 Å². The highest BCUT2D eigenvalue weighted by Gasteiger charge is 2.49. The number of fused-ring (bicyclic) bond motifs is 10. The van der Waals surface area contributed by atoms with Crippen molar-refractivity contribution in [3.8, 4) is 33.4 Å². The highest BCUT2D eigenvalue weighted by Crippen LogP contribution is 2.57. The number of hydrogen-bond donors (Lipinski definition) is 0. The van der Waals surface area contributed by atoms with E-state index in [1.54, 1.807) is 0 Å². The molecule has 0 radical (unpaired) electrons. The van der Waals surface area contributed by atoms with Crippen LogP contribution in [-0.2, 0) is 29.1 Å². The largest absolute Gasteiger partial charge is 0.376 e. The lowest BCUT2D eigenvalue weighted by Gasteiger charge is -2.48. The quantitative estimate of drug-likeness (QED) is 0.133. The first-order valence-corrected chi connectivity index (χ1v) is 25.8. The first kappa shape index (κ1) is 43.0. The number of benzene rings is 8. The molecular formula is C65H65BN2. The first-order valence-electron chi connectivity index (χ1n) is 25.8. The molecule has 2 aliphatic carbocycles. The van der Waals surface area contributed by atoms with Crippen molar-refractivity contribution in [3.05, 3.63) is 185 Å². The van der Waals surface area contributed by atoms with Gasteiger partial charge >= 0.3 is 6.85 Å². The Bertz CT molecular complexity index is 3300. The van der Waals surface area contributed by atoms with Gasteiger partial charge in [-0.3, -0.25) is 0 Å². The van der Waals surface area contributed by atoms with Crippen LogP contribution in [0.4, 0.5) is 28.4 Å². The molecule has 0 N–H and O–H groups in total. The predicted molar refractivity (Wildman–Crippen MR) is 293 cm³/mol. The highest BCUT2D eigenvalue weighted by atomic mass is 15.2. The first-order chi connectivity index (χ1) is 32.9. The summed E-state index contributed by atoms with van der Waals surface area (Å²) in [6, 6.07) is 59.8. The summed E-state index contributed by atoms with van der Waals surface area (Å²) in [5.74, 6) is 0. The predicted octanol–water partition coefficient (Wildman–Crippen LogP) is 16.6. The average Bonchev–Trinajstić information content (AvgIpc) is 3.58. The third-order valence-corrected chi connectivity index (χ3v) is 16.8. The number of hydrogen-bond acceptors (Lipinski definition) is 2. The van der Waals surface area contributed by atoms with Gasteiger partial charge in [0.2, 0.25) is 0 Å². The van der Waals surface area contributed by atoms with E-state index in [2.05, 4.69) is 217 Å². The van der Waals surface area contributed by atoms with Crippen LogP contribution in [0.3, 0.4) is 0 Å². The van der Waals surface area contributed by atoms with E-state index >= 15 is 0 Å². The molecule has 2 heterocycles. The van der Waals surface area contributed by atoms with Crippen LogP contribution in [0.25, 0.3) is 44.2 Å². The number of unbranched alkanes of at least 4 members (excludes halogenated alkanes) is 2. The molecule has 2 aliphatic heterocycles. The standard InChI is InChI=1S/C65H65BN2/c1-9-11-20-42-28-31-46(32-29-42)68-58-41-55-54(63(3,4)34-35-64(55,5)6)38-51(58)61-47-25-17-16-24-45(47)37-60-62(61)66(68)56-39-50-48-26-18-19-27-52(48)65(7,8)53(50)40-59(56)67(60)57-33-30-43(21-12-10-2)36-49(57)44-22-14-13-15-23-44/h13-19,22-33,36-41H,9-12,20-21,34-35H2,1-8H3. The average molecular weight is 885 g/mol. The second kappa shape index (κ2) is 15.9. The zero-order chi connectivity index (χ0) is 46.7. The van der Waals surface area contributed by atoms with Crippen LogP contribution in [0.15, 0.2) is 152 Å². The summed E-state index contributed by atoms with van der Waals surface area (Å²) >= 11 is 0. The van der Waals surface area contributed by atoms with Gasteiger partial charge in [-0.2, -0.15) is 0 Å². The Kier molecular flexibility index (Phi) is 10.0. The summed E-state index contributed by atoms with van der Waals surface area (Å²) < 4.78 is 0. The smallest absolute Gasteiger partial charge is 0.333 e. The van der Waals surface area contributed by atoms with E-state index < -0.39 is 0 Å². The van der Waals surface area contributed by atoms with Crippen molar-refractivity contribution in [2.45, 2.75) is 123 Å². The van der Waals surface area contributed by atoms with Gasteiger partial charge in [-0.1, -0.05) is 171 Å². The molecule has 8 aromatic rings. The second-order valence-electron chi connectivity index (χ2n) is 22.4. The van der Waals surface area contributed by atoms with E-state index in [0.717, 1.165) is 12.8 Å². The minimum Gasteiger partial charge on any atom is -0.376 e. The lowest BCUT2D eigenvalue weighted by atomic mass is 9.42. The van der Waals surface area contributed by atoms with Crippen LogP contribution in [0.1, 0.15) is 127 Å². The maximum atomic E-state index is 2.78. The molecule has 0 amide bonds. The molecule has 2 nitrogen and oxygen atoms in total. The van der Waals surface area contributed by atoms with Gasteiger partial charge in [0.15, 0.2) is 0 Å². The molecule has 0 atom stereocenters. The maximum absolute atomic E-state index is 2.78. The fourth-order valence-electron chi connectivity index (χ4n) is 12.9. The Morgan fingerprint density at radius 2 is 1.13 bits per heavy atom. The van der Waals surface area contributed by atoms with Gasteiger partial charge in [-0.15, -0.1) is 0 Å². The van der Waals surface area contributed by atoms with Crippen molar-refractivity contribution in [3.63, 3.8) is 0 Å². The zero-order valence-corrected chi connectivity index (χ0v) is 41.6. The Morgan fingerprint density at radius 3 is 1.88 bits per heavy atom. The van der Waals surface area contributed by atoms with Crippen LogP contribution >= 0.6 is 0 Å². The molecule has 0 fully saturated rings. The Balaban J connectivity index is 1.24. The fraction of sp³-hybridized carbons (Fsp3) is 0.292. The molecule has 0 saturated carbocycles. The third-order valence-electron chi connectivity index (χ3n) is 16.8. The second-order valence-corrected chi connectivity index (χ2v) is 22.4. The van der Waals surface area contributed by atoms with Gasteiger partial charge < -0.3 is 9.71 Å². The molecule has 338 valence electrons. The Labute approximate surface area is 406 Å². The third kappa shape index (κ3) is 6.51. The minimum absolute atomic E-state index is 0.0499. The molecule has 0 saturated heterocycles. The minimum atomic E-state index is -0.168. The summed E-state index contributed by atoms with van der Waals surface area (Å²) in [5.41, 5.74) is 25.6. The number of aryl methyl sites for hydroxylation is 2. The van der Waals surface area contributed by atoms with Gasteiger partial charge in [-0.25, -0.2) is 0 Å². The summed E-state index contributed by atoms with van der Waals surface area (Å²) in [6.07, 6.45) is 9.26.